The fourth-order valence-corrected chi connectivity index (χ4v) is 1.44. The highest BCUT2D eigenvalue weighted by molar-refractivity contribution is 5.32. The van der Waals surface area contributed by atoms with Crippen LogP contribution in [0.5, 0.6) is 0 Å². The van der Waals surface area contributed by atoms with Crippen molar-refractivity contribution < 1.29 is 4.42 Å². The summed E-state index contributed by atoms with van der Waals surface area (Å²) in [5.41, 5.74) is 0.338. The van der Waals surface area contributed by atoms with E-state index in [1.807, 2.05) is 32.0 Å². The maximum Gasteiger partial charge on any atom is 0.224 e. The van der Waals surface area contributed by atoms with Gasteiger partial charge in [0.05, 0.1) is 6.04 Å². The van der Waals surface area contributed by atoms with Crippen molar-refractivity contribution in [3.63, 3.8) is 0 Å². The number of aryl methyl sites for hydroxylation is 1. The third-order valence-electron chi connectivity index (χ3n) is 2.30. The number of hydrogen-bond acceptors (Lipinski definition) is 5. The Morgan fingerprint density at radius 2 is 2.24 bits per heavy atom. The lowest BCUT2D eigenvalue weighted by Crippen LogP contribution is -2.08. The predicted molar refractivity (Wildman–Crippen MR) is 62.2 cm³/mol. The number of hydrogen-bond donors (Lipinski definition) is 1. The topological polar surface area (TPSA) is 74.7 Å². The summed E-state index contributed by atoms with van der Waals surface area (Å²) in [6.07, 6.45) is 1.55. The first-order chi connectivity index (χ1) is 8.19. The van der Waals surface area contributed by atoms with Crippen LogP contribution in [0.1, 0.15) is 30.2 Å². The van der Waals surface area contributed by atoms with E-state index >= 15 is 0 Å². The van der Waals surface area contributed by atoms with E-state index in [1.165, 1.54) is 0 Å². The molecule has 0 aliphatic carbocycles. The van der Waals surface area contributed by atoms with Gasteiger partial charge in [-0.1, -0.05) is 0 Å². The van der Waals surface area contributed by atoms with E-state index in [0.29, 0.717) is 11.6 Å². The SMILES string of the molecule is Cc1ccc(C(C)Nc2nccc(C#N)n2)o1. The largest absolute Gasteiger partial charge is 0.464 e. The molecule has 86 valence electrons. The van der Waals surface area contributed by atoms with Gasteiger partial charge < -0.3 is 9.73 Å². The first-order valence-electron chi connectivity index (χ1n) is 5.25. The third-order valence-corrected chi connectivity index (χ3v) is 2.30. The number of nitrogens with zero attached hydrogens (tertiary/aromatic N) is 3. The second-order valence-corrected chi connectivity index (χ2v) is 3.69. The summed E-state index contributed by atoms with van der Waals surface area (Å²) in [6.45, 7) is 3.84. The van der Waals surface area contributed by atoms with Crippen molar-refractivity contribution in [3.05, 3.63) is 41.6 Å². The van der Waals surface area contributed by atoms with Crippen LogP contribution in [-0.4, -0.2) is 9.97 Å². The van der Waals surface area contributed by atoms with E-state index in [4.69, 9.17) is 9.68 Å². The molecular weight excluding hydrogens is 216 g/mol. The molecule has 0 saturated heterocycles. The van der Waals surface area contributed by atoms with Crippen molar-refractivity contribution in [2.24, 2.45) is 0 Å². The van der Waals surface area contributed by atoms with E-state index in [1.54, 1.807) is 12.3 Å². The lowest BCUT2D eigenvalue weighted by molar-refractivity contribution is 0.466. The molecule has 1 atom stereocenters. The van der Waals surface area contributed by atoms with Gasteiger partial charge in [0.25, 0.3) is 0 Å². The number of nitrogens with one attached hydrogen (secondary N) is 1. The summed E-state index contributed by atoms with van der Waals surface area (Å²) in [6, 6.07) is 7.30. The van der Waals surface area contributed by atoms with E-state index < -0.39 is 0 Å². The van der Waals surface area contributed by atoms with Gasteiger partial charge in [0.1, 0.15) is 23.3 Å². The number of rotatable bonds is 3. The van der Waals surface area contributed by atoms with Crippen LogP contribution in [0.3, 0.4) is 0 Å². The molecule has 0 bridgehead atoms. The molecule has 2 rings (SSSR count). The molecule has 0 amide bonds. The van der Waals surface area contributed by atoms with Crippen molar-refractivity contribution in [2.45, 2.75) is 19.9 Å². The molecule has 0 fully saturated rings. The maximum atomic E-state index is 8.73. The minimum atomic E-state index is -0.0438. The number of furan rings is 1. The zero-order chi connectivity index (χ0) is 12.3. The van der Waals surface area contributed by atoms with Crippen LogP contribution in [0, 0.1) is 18.3 Å². The van der Waals surface area contributed by atoms with Crippen molar-refractivity contribution in [1.82, 2.24) is 9.97 Å². The fraction of sp³-hybridized carbons (Fsp3) is 0.250. The summed E-state index contributed by atoms with van der Waals surface area (Å²) in [5, 5.41) is 11.8. The van der Waals surface area contributed by atoms with Gasteiger partial charge in [-0.15, -0.1) is 0 Å². The van der Waals surface area contributed by atoms with Crippen LogP contribution in [0.15, 0.2) is 28.8 Å². The van der Waals surface area contributed by atoms with E-state index in [2.05, 4.69) is 15.3 Å². The van der Waals surface area contributed by atoms with E-state index in [-0.39, 0.29) is 6.04 Å². The van der Waals surface area contributed by atoms with Crippen LogP contribution in [0.4, 0.5) is 5.95 Å². The third kappa shape index (κ3) is 2.61. The minimum Gasteiger partial charge on any atom is -0.464 e. The van der Waals surface area contributed by atoms with Crippen LogP contribution < -0.4 is 5.32 Å². The Labute approximate surface area is 99.1 Å². The zero-order valence-electron chi connectivity index (χ0n) is 9.64. The van der Waals surface area contributed by atoms with Crippen molar-refractivity contribution >= 4 is 5.95 Å². The Bertz CT molecular complexity index is 556. The lowest BCUT2D eigenvalue weighted by Gasteiger charge is -2.10. The van der Waals surface area contributed by atoms with Crippen LogP contribution >= 0.6 is 0 Å². The molecule has 1 N–H and O–H groups in total. The standard InChI is InChI=1S/C12H12N4O/c1-8-3-4-11(17-8)9(2)15-12-14-6-5-10(7-13)16-12/h3-6,9H,1-2H3,(H,14,15,16). The average molecular weight is 228 g/mol. The Balaban J connectivity index is 2.13. The molecular formula is C12H12N4O. The summed E-state index contributed by atoms with van der Waals surface area (Å²) in [7, 11) is 0. The van der Waals surface area contributed by atoms with Crippen molar-refractivity contribution in [3.8, 4) is 6.07 Å². The monoisotopic (exact) mass is 228 g/mol. The second-order valence-electron chi connectivity index (χ2n) is 3.69. The maximum absolute atomic E-state index is 8.73. The molecule has 0 aromatic carbocycles. The first kappa shape index (κ1) is 11.1. The Hall–Kier alpha value is -2.35. The van der Waals surface area contributed by atoms with Crippen LogP contribution in [0.25, 0.3) is 0 Å². The summed E-state index contributed by atoms with van der Waals surface area (Å²) in [5.74, 6) is 2.10. The van der Waals surface area contributed by atoms with Gasteiger partial charge in [-0.3, -0.25) is 0 Å². The number of anilines is 1. The first-order valence-corrected chi connectivity index (χ1v) is 5.25. The summed E-state index contributed by atoms with van der Waals surface area (Å²) in [4.78, 5) is 8.08. The summed E-state index contributed by atoms with van der Waals surface area (Å²) < 4.78 is 5.49. The molecule has 2 heterocycles. The Morgan fingerprint density at radius 1 is 1.41 bits per heavy atom. The Kier molecular flexibility index (Phi) is 3.06. The zero-order valence-corrected chi connectivity index (χ0v) is 9.64. The second kappa shape index (κ2) is 4.66. The minimum absolute atomic E-state index is 0.0438. The molecule has 2 aromatic heterocycles. The molecule has 2 aromatic rings. The molecule has 1 unspecified atom stereocenters. The van der Waals surface area contributed by atoms with Crippen molar-refractivity contribution in [1.29, 1.82) is 5.26 Å². The predicted octanol–water partition coefficient (Wildman–Crippen LogP) is 2.42. The molecule has 17 heavy (non-hydrogen) atoms. The normalized spacial score (nSPS) is 11.8. The van der Waals surface area contributed by atoms with Gasteiger partial charge in [-0.05, 0) is 32.0 Å². The average Bonchev–Trinajstić information content (AvgIpc) is 2.76. The fourth-order valence-electron chi connectivity index (χ4n) is 1.44. The molecule has 0 aliphatic heterocycles. The van der Waals surface area contributed by atoms with Crippen LogP contribution in [-0.2, 0) is 0 Å². The molecule has 0 saturated carbocycles. The molecule has 0 spiro atoms. The van der Waals surface area contributed by atoms with Gasteiger partial charge in [0.2, 0.25) is 5.95 Å². The number of aromatic nitrogens is 2. The molecule has 5 heteroatoms. The highest BCUT2D eigenvalue weighted by Gasteiger charge is 2.10. The molecule has 0 aliphatic rings. The van der Waals surface area contributed by atoms with Gasteiger partial charge in [-0.2, -0.15) is 5.26 Å². The molecule has 0 radical (unpaired) electrons. The van der Waals surface area contributed by atoms with Crippen molar-refractivity contribution in [2.75, 3.05) is 5.32 Å². The van der Waals surface area contributed by atoms with Gasteiger partial charge >= 0.3 is 0 Å². The van der Waals surface area contributed by atoms with Gasteiger partial charge in [0, 0.05) is 6.20 Å². The van der Waals surface area contributed by atoms with Gasteiger partial charge in [-0.25, -0.2) is 9.97 Å². The van der Waals surface area contributed by atoms with Crippen LogP contribution in [0.2, 0.25) is 0 Å². The highest BCUT2D eigenvalue weighted by atomic mass is 16.3. The summed E-state index contributed by atoms with van der Waals surface area (Å²) >= 11 is 0. The van der Waals surface area contributed by atoms with E-state index in [9.17, 15) is 0 Å². The van der Waals surface area contributed by atoms with Gasteiger partial charge in [0.15, 0.2) is 0 Å². The molecule has 5 nitrogen and oxygen atoms in total. The van der Waals surface area contributed by atoms with E-state index in [0.717, 1.165) is 11.5 Å². The number of nitriles is 1. The lowest BCUT2D eigenvalue weighted by atomic mass is 10.2. The Morgan fingerprint density at radius 3 is 2.88 bits per heavy atom. The smallest absolute Gasteiger partial charge is 0.224 e. The highest BCUT2D eigenvalue weighted by Crippen LogP contribution is 2.18. The quantitative estimate of drug-likeness (QED) is 0.873.